The van der Waals surface area contributed by atoms with Gasteiger partial charge in [0.05, 0.1) is 7.11 Å². The van der Waals surface area contributed by atoms with Gasteiger partial charge in [-0.2, -0.15) is 0 Å². The van der Waals surface area contributed by atoms with Crippen molar-refractivity contribution in [1.29, 1.82) is 0 Å². The van der Waals surface area contributed by atoms with Gasteiger partial charge in [0.25, 0.3) is 0 Å². The minimum absolute atomic E-state index is 0.188. The fourth-order valence-electron chi connectivity index (χ4n) is 3.52. The maximum absolute atomic E-state index is 12.0. The van der Waals surface area contributed by atoms with Crippen molar-refractivity contribution in [2.45, 2.75) is 25.7 Å². The summed E-state index contributed by atoms with van der Waals surface area (Å²) in [5.74, 6) is 0.989. The first-order valence-corrected chi connectivity index (χ1v) is 9.14. The van der Waals surface area contributed by atoms with Gasteiger partial charge in [0.2, 0.25) is 0 Å². The third-order valence-corrected chi connectivity index (χ3v) is 4.98. The SMILES string of the molecule is COc1c(Cc2cc(Cc3cc(Cl)ccn3)ncn2)ccc2c1CCC2=O. The number of aromatic nitrogens is 3. The maximum Gasteiger partial charge on any atom is 0.163 e. The summed E-state index contributed by atoms with van der Waals surface area (Å²) in [6.45, 7) is 0. The Labute approximate surface area is 162 Å². The van der Waals surface area contributed by atoms with E-state index in [1.165, 1.54) is 0 Å². The van der Waals surface area contributed by atoms with Crippen LogP contribution in [0.1, 0.15) is 45.0 Å². The van der Waals surface area contributed by atoms with Crippen LogP contribution in [0.2, 0.25) is 5.02 Å². The number of fused-ring (bicyclic) bond motifs is 1. The fourth-order valence-corrected chi connectivity index (χ4v) is 3.70. The Morgan fingerprint density at radius 1 is 1.00 bits per heavy atom. The van der Waals surface area contributed by atoms with Crippen molar-refractivity contribution in [3.63, 3.8) is 0 Å². The molecule has 2 aromatic heterocycles. The topological polar surface area (TPSA) is 65.0 Å². The summed E-state index contributed by atoms with van der Waals surface area (Å²) in [4.78, 5) is 25.0. The Bertz CT molecular complexity index is 1020. The zero-order valence-corrected chi connectivity index (χ0v) is 15.7. The second-order valence-corrected chi connectivity index (χ2v) is 6.96. The Balaban J connectivity index is 1.60. The number of methoxy groups -OCH3 is 1. The summed E-state index contributed by atoms with van der Waals surface area (Å²) in [6.07, 6.45) is 5.75. The van der Waals surface area contributed by atoms with E-state index in [1.54, 1.807) is 25.7 Å². The highest BCUT2D eigenvalue weighted by Crippen LogP contribution is 2.34. The van der Waals surface area contributed by atoms with Gasteiger partial charge in [-0.05, 0) is 24.6 Å². The highest BCUT2D eigenvalue weighted by Gasteiger charge is 2.24. The second kappa shape index (κ2) is 7.45. The van der Waals surface area contributed by atoms with Crippen LogP contribution in [0.3, 0.4) is 0 Å². The van der Waals surface area contributed by atoms with E-state index in [-0.39, 0.29) is 5.78 Å². The molecule has 1 aliphatic rings. The number of rotatable bonds is 5. The van der Waals surface area contributed by atoms with Gasteiger partial charge >= 0.3 is 0 Å². The van der Waals surface area contributed by atoms with Crippen LogP contribution in [-0.2, 0) is 19.3 Å². The van der Waals surface area contributed by atoms with Crippen LogP contribution in [0.5, 0.6) is 5.75 Å². The Kier molecular flexibility index (Phi) is 4.86. The van der Waals surface area contributed by atoms with Crippen molar-refractivity contribution < 1.29 is 9.53 Å². The second-order valence-electron chi connectivity index (χ2n) is 6.53. The summed E-state index contributed by atoms with van der Waals surface area (Å²) in [6, 6.07) is 9.42. The van der Waals surface area contributed by atoms with Crippen LogP contribution in [0.25, 0.3) is 0 Å². The molecule has 4 rings (SSSR count). The van der Waals surface area contributed by atoms with Crippen molar-refractivity contribution in [3.8, 4) is 5.75 Å². The smallest absolute Gasteiger partial charge is 0.163 e. The van der Waals surface area contributed by atoms with E-state index in [9.17, 15) is 4.79 Å². The van der Waals surface area contributed by atoms with Crippen molar-refractivity contribution in [2.24, 2.45) is 0 Å². The molecule has 27 heavy (non-hydrogen) atoms. The first-order chi connectivity index (χ1) is 13.1. The van der Waals surface area contributed by atoms with Gasteiger partial charge < -0.3 is 4.74 Å². The summed E-state index contributed by atoms with van der Waals surface area (Å²) in [5, 5.41) is 0.659. The van der Waals surface area contributed by atoms with Crippen molar-refractivity contribution in [3.05, 3.63) is 81.7 Å². The van der Waals surface area contributed by atoms with Crippen molar-refractivity contribution in [2.75, 3.05) is 7.11 Å². The predicted octanol–water partition coefficient (Wildman–Crippen LogP) is 3.84. The number of hydrogen-bond donors (Lipinski definition) is 0. The molecule has 0 spiro atoms. The van der Waals surface area contributed by atoms with Crippen LogP contribution < -0.4 is 4.74 Å². The molecule has 0 amide bonds. The molecule has 3 aromatic rings. The summed E-state index contributed by atoms with van der Waals surface area (Å²) < 4.78 is 5.63. The number of Topliss-reactive ketones (excluding diaryl/α,β-unsaturated/α-hetero) is 1. The molecule has 136 valence electrons. The van der Waals surface area contributed by atoms with Gasteiger partial charge in [-0.15, -0.1) is 0 Å². The normalized spacial score (nSPS) is 12.9. The summed E-state index contributed by atoms with van der Waals surface area (Å²) >= 11 is 6.03. The molecular formula is C21H18ClN3O2. The molecule has 2 heterocycles. The molecule has 0 N–H and O–H groups in total. The third kappa shape index (κ3) is 3.69. The average molecular weight is 380 g/mol. The Morgan fingerprint density at radius 2 is 1.78 bits per heavy atom. The van der Waals surface area contributed by atoms with E-state index in [0.717, 1.165) is 45.9 Å². The molecule has 0 bridgehead atoms. The van der Waals surface area contributed by atoms with Gasteiger partial charge in [0.15, 0.2) is 5.78 Å². The van der Waals surface area contributed by atoms with E-state index >= 15 is 0 Å². The maximum atomic E-state index is 12.0. The fraction of sp³-hybridized carbons (Fsp3) is 0.238. The third-order valence-electron chi connectivity index (χ3n) is 4.74. The van der Waals surface area contributed by atoms with E-state index in [1.807, 2.05) is 24.3 Å². The van der Waals surface area contributed by atoms with Gasteiger partial charge in [-0.3, -0.25) is 9.78 Å². The van der Waals surface area contributed by atoms with E-state index in [0.29, 0.717) is 24.3 Å². The van der Waals surface area contributed by atoms with Crippen LogP contribution in [0.4, 0.5) is 0 Å². The minimum Gasteiger partial charge on any atom is -0.496 e. The van der Waals surface area contributed by atoms with E-state index in [2.05, 4.69) is 15.0 Å². The molecule has 1 aliphatic carbocycles. The number of ketones is 1. The number of halogens is 1. The molecule has 0 saturated carbocycles. The summed E-state index contributed by atoms with van der Waals surface area (Å²) in [5.41, 5.74) is 5.45. The number of ether oxygens (including phenoxy) is 1. The van der Waals surface area contributed by atoms with Crippen LogP contribution in [-0.4, -0.2) is 27.8 Å². The Hall–Kier alpha value is -2.79. The molecule has 1 aromatic carbocycles. The number of carbonyl (C=O) groups is 1. The Morgan fingerprint density at radius 3 is 2.56 bits per heavy atom. The van der Waals surface area contributed by atoms with Crippen molar-refractivity contribution in [1.82, 2.24) is 15.0 Å². The summed E-state index contributed by atoms with van der Waals surface area (Å²) in [7, 11) is 1.65. The monoisotopic (exact) mass is 379 g/mol. The van der Waals surface area contributed by atoms with Crippen LogP contribution >= 0.6 is 11.6 Å². The zero-order valence-electron chi connectivity index (χ0n) is 14.9. The highest BCUT2D eigenvalue weighted by molar-refractivity contribution is 6.30. The standard InChI is InChI=1S/C21H18ClN3O2/c1-27-21-13(2-3-18-19(21)4-5-20(18)26)8-15-10-17(25-12-24-15)11-16-9-14(22)6-7-23-16/h2-3,6-7,9-10,12H,4-5,8,11H2,1H3. The predicted molar refractivity (Wildman–Crippen MR) is 103 cm³/mol. The lowest BCUT2D eigenvalue weighted by molar-refractivity contribution is 0.0994. The lowest BCUT2D eigenvalue weighted by Gasteiger charge is -2.13. The molecule has 0 saturated heterocycles. The number of nitrogens with zero attached hydrogens (tertiary/aromatic N) is 3. The molecule has 5 nitrogen and oxygen atoms in total. The van der Waals surface area contributed by atoms with Crippen LogP contribution in [0, 0.1) is 0 Å². The van der Waals surface area contributed by atoms with Crippen molar-refractivity contribution >= 4 is 17.4 Å². The lowest BCUT2D eigenvalue weighted by Crippen LogP contribution is -2.03. The van der Waals surface area contributed by atoms with Gasteiger partial charge in [0, 0.05) is 64.3 Å². The molecule has 0 atom stereocenters. The minimum atomic E-state index is 0.188. The van der Waals surface area contributed by atoms with Gasteiger partial charge in [0.1, 0.15) is 12.1 Å². The molecule has 0 radical (unpaired) electrons. The van der Waals surface area contributed by atoms with Crippen LogP contribution in [0.15, 0.2) is 42.9 Å². The molecule has 0 fully saturated rings. The van der Waals surface area contributed by atoms with Gasteiger partial charge in [-0.1, -0.05) is 23.7 Å². The average Bonchev–Trinajstić information content (AvgIpc) is 3.03. The largest absolute Gasteiger partial charge is 0.496 e. The number of benzene rings is 1. The number of carbonyl (C=O) groups excluding carboxylic acids is 1. The van der Waals surface area contributed by atoms with E-state index in [4.69, 9.17) is 16.3 Å². The van der Waals surface area contributed by atoms with E-state index < -0.39 is 0 Å². The van der Waals surface area contributed by atoms with Gasteiger partial charge in [-0.25, -0.2) is 9.97 Å². The molecule has 0 aliphatic heterocycles. The zero-order chi connectivity index (χ0) is 18.8. The highest BCUT2D eigenvalue weighted by atomic mass is 35.5. The molecule has 6 heteroatoms. The first kappa shape index (κ1) is 17.6. The molecular weight excluding hydrogens is 362 g/mol. The number of hydrogen-bond acceptors (Lipinski definition) is 5. The number of pyridine rings is 1. The lowest BCUT2D eigenvalue weighted by atomic mass is 10.0. The quantitative estimate of drug-likeness (QED) is 0.673. The first-order valence-electron chi connectivity index (χ1n) is 8.76. The molecule has 0 unspecified atom stereocenters.